The fraction of sp³-hybridized carbons (Fsp3) is 0.0500. The highest BCUT2D eigenvalue weighted by Gasteiger charge is 2.17. The standard InChI is InChI=1S/C20H15ClF2N2O3S/c1-12-2-6-15(7-3-12)29(27,28)25-18-8-4-13(10-16(18)21)20(26)24-19-9-5-14(22)11-17(19)23/h2-11,25H,1H3,(H,24,26). The van der Waals surface area contributed by atoms with Crippen LogP contribution in [0.3, 0.4) is 0 Å². The van der Waals surface area contributed by atoms with Crippen LogP contribution in [0, 0.1) is 18.6 Å². The fourth-order valence-corrected chi connectivity index (χ4v) is 3.81. The summed E-state index contributed by atoms with van der Waals surface area (Å²) in [5.74, 6) is -2.38. The van der Waals surface area contributed by atoms with E-state index in [1.807, 2.05) is 6.92 Å². The maximum Gasteiger partial charge on any atom is 0.261 e. The van der Waals surface area contributed by atoms with Crippen molar-refractivity contribution in [2.75, 3.05) is 10.0 Å². The molecule has 0 aliphatic rings. The molecule has 3 aromatic rings. The van der Waals surface area contributed by atoms with Gasteiger partial charge in [0.2, 0.25) is 0 Å². The average molecular weight is 437 g/mol. The number of amides is 1. The van der Waals surface area contributed by atoms with Gasteiger partial charge in [-0.3, -0.25) is 9.52 Å². The Kier molecular flexibility index (Phi) is 5.86. The molecule has 0 heterocycles. The molecule has 0 saturated carbocycles. The first-order valence-corrected chi connectivity index (χ1v) is 10.2. The van der Waals surface area contributed by atoms with Crippen molar-refractivity contribution in [1.29, 1.82) is 0 Å². The molecular formula is C20H15ClF2N2O3S. The summed E-state index contributed by atoms with van der Waals surface area (Å²) >= 11 is 6.12. The van der Waals surface area contributed by atoms with Crippen molar-refractivity contribution in [3.63, 3.8) is 0 Å². The minimum atomic E-state index is -3.86. The maximum atomic E-state index is 13.7. The fourth-order valence-electron chi connectivity index (χ4n) is 2.45. The van der Waals surface area contributed by atoms with Gasteiger partial charge < -0.3 is 5.32 Å². The Morgan fingerprint density at radius 1 is 0.931 bits per heavy atom. The summed E-state index contributed by atoms with van der Waals surface area (Å²) in [5.41, 5.74) is 0.861. The first kappa shape index (κ1) is 20.8. The number of sulfonamides is 1. The number of hydrogen-bond donors (Lipinski definition) is 2. The summed E-state index contributed by atoms with van der Waals surface area (Å²) < 4.78 is 53.9. The predicted molar refractivity (Wildman–Crippen MR) is 108 cm³/mol. The van der Waals surface area contributed by atoms with Gasteiger partial charge in [-0.05, 0) is 49.4 Å². The zero-order chi connectivity index (χ0) is 21.2. The van der Waals surface area contributed by atoms with Gasteiger partial charge in [0.15, 0.2) is 0 Å². The van der Waals surface area contributed by atoms with E-state index in [9.17, 15) is 22.0 Å². The van der Waals surface area contributed by atoms with Crippen molar-refractivity contribution < 1.29 is 22.0 Å². The highest BCUT2D eigenvalue weighted by Crippen LogP contribution is 2.26. The molecule has 0 bridgehead atoms. The Bertz CT molecular complexity index is 1180. The summed E-state index contributed by atoms with van der Waals surface area (Å²) in [6.07, 6.45) is 0. The Morgan fingerprint density at radius 2 is 1.59 bits per heavy atom. The van der Waals surface area contributed by atoms with E-state index < -0.39 is 27.6 Å². The van der Waals surface area contributed by atoms with Crippen molar-refractivity contribution in [2.45, 2.75) is 11.8 Å². The molecule has 0 aromatic heterocycles. The first-order valence-electron chi connectivity index (χ1n) is 8.31. The molecule has 2 N–H and O–H groups in total. The van der Waals surface area contributed by atoms with Gasteiger partial charge in [-0.2, -0.15) is 0 Å². The SMILES string of the molecule is Cc1ccc(S(=O)(=O)Nc2ccc(C(=O)Nc3ccc(F)cc3F)cc2Cl)cc1. The summed E-state index contributed by atoms with van der Waals surface area (Å²) in [4.78, 5) is 12.3. The van der Waals surface area contributed by atoms with Crippen LogP contribution in [0.25, 0.3) is 0 Å². The van der Waals surface area contributed by atoms with Crippen LogP contribution in [-0.4, -0.2) is 14.3 Å². The second-order valence-electron chi connectivity index (χ2n) is 6.19. The molecule has 0 spiro atoms. The molecule has 0 radical (unpaired) electrons. The number of halogens is 3. The molecule has 0 aliphatic heterocycles. The van der Waals surface area contributed by atoms with Crippen LogP contribution in [0.2, 0.25) is 5.02 Å². The second kappa shape index (κ2) is 8.18. The van der Waals surface area contributed by atoms with E-state index in [1.54, 1.807) is 12.1 Å². The van der Waals surface area contributed by atoms with Crippen LogP contribution in [0.5, 0.6) is 0 Å². The van der Waals surface area contributed by atoms with Crippen LogP contribution < -0.4 is 10.0 Å². The van der Waals surface area contributed by atoms with Crippen molar-refractivity contribution in [1.82, 2.24) is 0 Å². The molecule has 0 fully saturated rings. The number of rotatable bonds is 5. The van der Waals surface area contributed by atoms with E-state index in [1.165, 1.54) is 30.3 Å². The van der Waals surface area contributed by atoms with Crippen LogP contribution in [0.4, 0.5) is 20.2 Å². The quantitative estimate of drug-likeness (QED) is 0.592. The van der Waals surface area contributed by atoms with Gasteiger partial charge in [-0.15, -0.1) is 0 Å². The lowest BCUT2D eigenvalue weighted by Crippen LogP contribution is -2.15. The average Bonchev–Trinajstić information content (AvgIpc) is 2.66. The summed E-state index contributed by atoms with van der Waals surface area (Å²) in [6, 6.07) is 12.9. The smallest absolute Gasteiger partial charge is 0.261 e. The van der Waals surface area contributed by atoms with Gasteiger partial charge in [0.1, 0.15) is 11.6 Å². The summed E-state index contributed by atoms with van der Waals surface area (Å²) in [6.45, 7) is 1.84. The molecule has 0 atom stereocenters. The number of aryl methyl sites for hydroxylation is 1. The molecule has 3 rings (SSSR count). The molecule has 0 saturated heterocycles. The Balaban J connectivity index is 1.79. The lowest BCUT2D eigenvalue weighted by Gasteiger charge is -2.12. The van der Waals surface area contributed by atoms with Crippen molar-refractivity contribution >= 4 is 38.9 Å². The van der Waals surface area contributed by atoms with Crippen LogP contribution >= 0.6 is 11.6 Å². The Hall–Kier alpha value is -2.97. The predicted octanol–water partition coefficient (Wildman–Crippen LogP) is 4.98. The molecule has 29 heavy (non-hydrogen) atoms. The van der Waals surface area contributed by atoms with Gasteiger partial charge in [-0.25, -0.2) is 17.2 Å². The van der Waals surface area contributed by atoms with E-state index in [0.717, 1.165) is 17.7 Å². The van der Waals surface area contributed by atoms with E-state index in [4.69, 9.17) is 11.6 Å². The maximum absolute atomic E-state index is 13.7. The number of carbonyl (C=O) groups is 1. The number of nitrogens with one attached hydrogen (secondary N) is 2. The molecule has 1 amide bonds. The van der Waals surface area contributed by atoms with Gasteiger partial charge >= 0.3 is 0 Å². The molecule has 3 aromatic carbocycles. The van der Waals surface area contributed by atoms with Gasteiger partial charge in [0.05, 0.1) is 21.3 Å². The van der Waals surface area contributed by atoms with Gasteiger partial charge in [-0.1, -0.05) is 29.3 Å². The molecule has 0 aliphatic carbocycles. The number of benzene rings is 3. The third-order valence-electron chi connectivity index (χ3n) is 3.99. The molecule has 0 unspecified atom stereocenters. The number of anilines is 2. The Labute approximate surface area is 171 Å². The van der Waals surface area contributed by atoms with E-state index in [2.05, 4.69) is 10.0 Å². The lowest BCUT2D eigenvalue weighted by atomic mass is 10.2. The van der Waals surface area contributed by atoms with Crippen LogP contribution in [0.1, 0.15) is 15.9 Å². The molecule has 150 valence electrons. The van der Waals surface area contributed by atoms with Crippen molar-refractivity contribution in [2.24, 2.45) is 0 Å². The van der Waals surface area contributed by atoms with E-state index >= 15 is 0 Å². The van der Waals surface area contributed by atoms with Crippen molar-refractivity contribution in [3.05, 3.63) is 88.4 Å². The largest absolute Gasteiger partial charge is 0.319 e. The van der Waals surface area contributed by atoms with Gasteiger partial charge in [0.25, 0.3) is 15.9 Å². The topological polar surface area (TPSA) is 75.3 Å². The molecular weight excluding hydrogens is 422 g/mol. The van der Waals surface area contributed by atoms with Crippen molar-refractivity contribution in [3.8, 4) is 0 Å². The van der Waals surface area contributed by atoms with Crippen LogP contribution in [0.15, 0.2) is 65.6 Å². The molecule has 9 heteroatoms. The molecule has 5 nitrogen and oxygen atoms in total. The zero-order valence-corrected chi connectivity index (χ0v) is 16.6. The summed E-state index contributed by atoms with van der Waals surface area (Å²) in [5, 5.41) is 2.28. The Morgan fingerprint density at radius 3 is 2.21 bits per heavy atom. The second-order valence-corrected chi connectivity index (χ2v) is 8.28. The van der Waals surface area contributed by atoms with E-state index in [-0.39, 0.29) is 26.9 Å². The lowest BCUT2D eigenvalue weighted by molar-refractivity contribution is 0.102. The van der Waals surface area contributed by atoms with E-state index in [0.29, 0.717) is 6.07 Å². The minimum Gasteiger partial charge on any atom is -0.319 e. The zero-order valence-electron chi connectivity index (χ0n) is 15.0. The third-order valence-corrected chi connectivity index (χ3v) is 5.68. The third kappa shape index (κ3) is 4.90. The normalized spacial score (nSPS) is 11.2. The van der Waals surface area contributed by atoms with Gasteiger partial charge in [0, 0.05) is 11.6 Å². The monoisotopic (exact) mass is 436 g/mol. The minimum absolute atomic E-state index is 0.0204. The first-order chi connectivity index (χ1) is 13.7. The highest BCUT2D eigenvalue weighted by molar-refractivity contribution is 7.92. The number of carbonyl (C=O) groups excluding carboxylic acids is 1. The highest BCUT2D eigenvalue weighted by atomic mass is 35.5. The summed E-state index contributed by atoms with van der Waals surface area (Å²) in [7, 11) is -3.86. The number of hydrogen-bond acceptors (Lipinski definition) is 3. The van der Waals surface area contributed by atoms with Crippen LogP contribution in [-0.2, 0) is 10.0 Å².